The maximum absolute atomic E-state index is 12.7. The molecule has 2 aromatic rings. The highest BCUT2D eigenvalue weighted by molar-refractivity contribution is 5.95. The van der Waals surface area contributed by atoms with Crippen LogP contribution in [0, 0.1) is 11.8 Å². The van der Waals surface area contributed by atoms with Gasteiger partial charge in [-0.15, -0.1) is 0 Å². The van der Waals surface area contributed by atoms with Crippen LogP contribution in [0.1, 0.15) is 36.5 Å². The number of carbonyl (C=O) groups is 2. The lowest BCUT2D eigenvalue weighted by Gasteiger charge is -2.29. The molecule has 2 N–H and O–H groups in total. The van der Waals surface area contributed by atoms with E-state index in [4.69, 9.17) is 4.74 Å². The molecule has 5 nitrogen and oxygen atoms in total. The van der Waals surface area contributed by atoms with E-state index in [9.17, 15) is 9.59 Å². The van der Waals surface area contributed by atoms with Crippen molar-refractivity contribution in [3.63, 3.8) is 0 Å². The molecule has 0 aromatic heterocycles. The SMILES string of the molecule is COC(=O)[C@H](CC1CCNCC1)[C@@H](C)NC(=O)c1ccc(-c2ccccc2)cc1. The molecule has 1 heterocycles. The van der Waals surface area contributed by atoms with Crippen LogP contribution in [0.25, 0.3) is 11.1 Å². The lowest BCUT2D eigenvalue weighted by atomic mass is 9.84. The molecule has 2 aromatic carbocycles. The first-order chi connectivity index (χ1) is 14.1. The van der Waals surface area contributed by atoms with Crippen molar-refractivity contribution in [3.05, 3.63) is 60.2 Å². The highest BCUT2D eigenvalue weighted by atomic mass is 16.5. The predicted molar refractivity (Wildman–Crippen MR) is 115 cm³/mol. The van der Waals surface area contributed by atoms with Crippen molar-refractivity contribution in [1.29, 1.82) is 0 Å². The van der Waals surface area contributed by atoms with E-state index < -0.39 is 0 Å². The van der Waals surface area contributed by atoms with E-state index in [-0.39, 0.29) is 23.8 Å². The predicted octanol–water partition coefficient (Wildman–Crippen LogP) is 3.65. The molecule has 29 heavy (non-hydrogen) atoms. The van der Waals surface area contributed by atoms with E-state index in [1.165, 1.54) is 7.11 Å². The van der Waals surface area contributed by atoms with Crippen LogP contribution in [0.3, 0.4) is 0 Å². The van der Waals surface area contributed by atoms with Gasteiger partial charge in [-0.05, 0) is 68.5 Å². The highest BCUT2D eigenvalue weighted by Crippen LogP contribution is 2.25. The average molecular weight is 395 g/mol. The number of hydrogen-bond acceptors (Lipinski definition) is 4. The molecular weight excluding hydrogens is 364 g/mol. The molecular formula is C24H30N2O3. The molecule has 0 unspecified atom stereocenters. The molecule has 1 fully saturated rings. The first kappa shape index (κ1) is 21.1. The van der Waals surface area contributed by atoms with Gasteiger partial charge in [0.15, 0.2) is 0 Å². The van der Waals surface area contributed by atoms with Crippen molar-refractivity contribution in [3.8, 4) is 11.1 Å². The number of amides is 1. The molecule has 0 radical (unpaired) electrons. The number of piperidine rings is 1. The Kier molecular flexibility index (Phi) is 7.42. The lowest BCUT2D eigenvalue weighted by Crippen LogP contribution is -2.43. The van der Waals surface area contributed by atoms with Crippen molar-refractivity contribution in [1.82, 2.24) is 10.6 Å². The van der Waals surface area contributed by atoms with Crippen molar-refractivity contribution >= 4 is 11.9 Å². The van der Waals surface area contributed by atoms with Gasteiger partial charge in [-0.1, -0.05) is 42.5 Å². The summed E-state index contributed by atoms with van der Waals surface area (Å²) in [5, 5.41) is 6.35. The zero-order valence-electron chi connectivity index (χ0n) is 17.2. The maximum Gasteiger partial charge on any atom is 0.310 e. The second-order valence-corrected chi connectivity index (χ2v) is 7.76. The van der Waals surface area contributed by atoms with Gasteiger partial charge >= 0.3 is 5.97 Å². The molecule has 0 spiro atoms. The first-order valence-electron chi connectivity index (χ1n) is 10.3. The Hall–Kier alpha value is -2.66. The molecule has 0 saturated carbocycles. The Bertz CT molecular complexity index is 799. The molecule has 1 aliphatic rings. The summed E-state index contributed by atoms with van der Waals surface area (Å²) in [7, 11) is 1.41. The third-order valence-electron chi connectivity index (χ3n) is 5.77. The summed E-state index contributed by atoms with van der Waals surface area (Å²) < 4.78 is 5.02. The number of ether oxygens (including phenoxy) is 1. The van der Waals surface area contributed by atoms with E-state index in [1.54, 1.807) is 0 Å². The minimum Gasteiger partial charge on any atom is -0.469 e. The quantitative estimate of drug-likeness (QED) is 0.704. The molecule has 2 atom stereocenters. The van der Waals surface area contributed by atoms with Crippen LogP contribution in [0.4, 0.5) is 0 Å². The van der Waals surface area contributed by atoms with Crippen LogP contribution >= 0.6 is 0 Å². The topological polar surface area (TPSA) is 67.4 Å². The van der Waals surface area contributed by atoms with Gasteiger partial charge in [-0.3, -0.25) is 9.59 Å². The summed E-state index contributed by atoms with van der Waals surface area (Å²) in [6, 6.07) is 17.3. The molecule has 3 rings (SSSR count). The van der Waals surface area contributed by atoms with Gasteiger partial charge in [0.1, 0.15) is 0 Å². The molecule has 0 aliphatic carbocycles. The maximum atomic E-state index is 12.7. The van der Waals surface area contributed by atoms with Gasteiger partial charge in [0.2, 0.25) is 0 Å². The van der Waals surface area contributed by atoms with Crippen LogP contribution in [-0.4, -0.2) is 38.1 Å². The van der Waals surface area contributed by atoms with Crippen LogP contribution in [0.2, 0.25) is 0 Å². The third-order valence-corrected chi connectivity index (χ3v) is 5.77. The van der Waals surface area contributed by atoms with Gasteiger partial charge in [-0.2, -0.15) is 0 Å². The van der Waals surface area contributed by atoms with E-state index in [0.29, 0.717) is 11.5 Å². The van der Waals surface area contributed by atoms with Gasteiger partial charge < -0.3 is 15.4 Å². The molecule has 154 valence electrons. The largest absolute Gasteiger partial charge is 0.469 e. The second kappa shape index (κ2) is 10.2. The van der Waals surface area contributed by atoms with E-state index in [2.05, 4.69) is 10.6 Å². The fourth-order valence-electron chi connectivity index (χ4n) is 3.97. The van der Waals surface area contributed by atoms with Crippen molar-refractivity contribution in [2.75, 3.05) is 20.2 Å². The van der Waals surface area contributed by atoms with Crippen LogP contribution in [-0.2, 0) is 9.53 Å². The molecule has 1 amide bonds. The van der Waals surface area contributed by atoms with Gasteiger partial charge in [0.05, 0.1) is 13.0 Å². The Balaban J connectivity index is 1.64. The van der Waals surface area contributed by atoms with Crippen molar-refractivity contribution < 1.29 is 14.3 Å². The molecule has 1 saturated heterocycles. The van der Waals surface area contributed by atoms with E-state index in [0.717, 1.165) is 43.5 Å². The number of methoxy groups -OCH3 is 1. The Morgan fingerprint density at radius 2 is 1.66 bits per heavy atom. The zero-order chi connectivity index (χ0) is 20.6. The Morgan fingerprint density at radius 3 is 2.28 bits per heavy atom. The fourth-order valence-corrected chi connectivity index (χ4v) is 3.97. The normalized spacial score (nSPS) is 16.6. The summed E-state index contributed by atoms with van der Waals surface area (Å²) >= 11 is 0. The van der Waals surface area contributed by atoms with Gasteiger partial charge in [-0.25, -0.2) is 0 Å². The fraction of sp³-hybridized carbons (Fsp3) is 0.417. The number of esters is 1. The standard InChI is InChI=1S/C24H30N2O3/c1-17(22(24(28)29-2)16-18-12-14-25-15-13-18)26-23(27)21-10-8-20(9-11-21)19-6-4-3-5-7-19/h3-11,17-18,22,25H,12-16H2,1-2H3,(H,26,27)/t17-,22-/m1/s1. The summed E-state index contributed by atoms with van der Waals surface area (Å²) in [5.74, 6) is -0.285. The van der Waals surface area contributed by atoms with E-state index in [1.807, 2.05) is 61.5 Å². The molecule has 5 heteroatoms. The summed E-state index contributed by atoms with van der Waals surface area (Å²) in [5.41, 5.74) is 2.76. The number of nitrogens with one attached hydrogen (secondary N) is 2. The van der Waals surface area contributed by atoms with Gasteiger partial charge in [0, 0.05) is 11.6 Å². The van der Waals surface area contributed by atoms with Crippen molar-refractivity contribution in [2.24, 2.45) is 11.8 Å². The van der Waals surface area contributed by atoms with Crippen LogP contribution in [0.5, 0.6) is 0 Å². The number of benzene rings is 2. The molecule has 1 aliphatic heterocycles. The van der Waals surface area contributed by atoms with Gasteiger partial charge in [0.25, 0.3) is 5.91 Å². The smallest absolute Gasteiger partial charge is 0.310 e. The van der Waals surface area contributed by atoms with Crippen molar-refractivity contribution in [2.45, 2.75) is 32.2 Å². The summed E-state index contributed by atoms with van der Waals surface area (Å²) in [6.07, 6.45) is 2.84. The lowest BCUT2D eigenvalue weighted by molar-refractivity contribution is -0.147. The number of rotatable bonds is 7. The van der Waals surface area contributed by atoms with E-state index >= 15 is 0 Å². The Morgan fingerprint density at radius 1 is 1.03 bits per heavy atom. The second-order valence-electron chi connectivity index (χ2n) is 7.76. The Labute approximate surface area is 172 Å². The van der Waals surface area contributed by atoms with Crippen LogP contribution < -0.4 is 10.6 Å². The minimum atomic E-state index is -0.337. The average Bonchev–Trinajstić information content (AvgIpc) is 2.78. The molecule has 0 bridgehead atoms. The first-order valence-corrected chi connectivity index (χ1v) is 10.3. The number of carbonyl (C=O) groups excluding carboxylic acids is 2. The zero-order valence-corrected chi connectivity index (χ0v) is 17.2. The monoisotopic (exact) mass is 394 g/mol. The summed E-state index contributed by atoms with van der Waals surface area (Å²) in [4.78, 5) is 25.1. The summed E-state index contributed by atoms with van der Waals surface area (Å²) in [6.45, 7) is 3.85. The highest BCUT2D eigenvalue weighted by Gasteiger charge is 2.30. The number of hydrogen-bond donors (Lipinski definition) is 2. The van der Waals surface area contributed by atoms with Crippen LogP contribution in [0.15, 0.2) is 54.6 Å². The third kappa shape index (κ3) is 5.67. The minimum absolute atomic E-state index is 0.170.